The molecule has 0 spiro atoms. The zero-order chi connectivity index (χ0) is 37.9. The van der Waals surface area contributed by atoms with Crippen molar-refractivity contribution in [1.82, 2.24) is 10.2 Å². The van der Waals surface area contributed by atoms with Gasteiger partial charge >= 0.3 is 5.97 Å². The van der Waals surface area contributed by atoms with Gasteiger partial charge in [0.05, 0.1) is 25.0 Å². The molecule has 0 bridgehead atoms. The number of carbonyl (C=O) groups excluding carboxylic acids is 3. The average Bonchev–Trinajstić information content (AvgIpc) is 3.62. The predicted octanol–water partition coefficient (Wildman–Crippen LogP) is 4.39. The summed E-state index contributed by atoms with van der Waals surface area (Å²) in [5, 5.41) is 21.1. The van der Waals surface area contributed by atoms with Crippen molar-refractivity contribution in [3.63, 3.8) is 0 Å². The minimum atomic E-state index is -1.39. The number of aliphatic hydroxyl groups is 2. The van der Waals surface area contributed by atoms with Crippen LogP contribution in [0.2, 0.25) is 0 Å². The summed E-state index contributed by atoms with van der Waals surface area (Å²) in [6.07, 6.45) is 2.46. The summed E-state index contributed by atoms with van der Waals surface area (Å²) in [4.78, 5) is 43.1. The highest BCUT2D eigenvalue weighted by atomic mass is 16.8. The van der Waals surface area contributed by atoms with Crippen LogP contribution in [-0.2, 0) is 40.7 Å². The van der Waals surface area contributed by atoms with Crippen LogP contribution in [0.1, 0.15) is 39.0 Å². The Bertz CT molecular complexity index is 1890. The van der Waals surface area contributed by atoms with Crippen LogP contribution in [0.15, 0.2) is 133 Å². The van der Waals surface area contributed by atoms with Gasteiger partial charge in [-0.15, -0.1) is 0 Å². The van der Waals surface area contributed by atoms with Crippen LogP contribution in [0.4, 0.5) is 0 Å². The number of likely N-dealkylation sites (N-methyl/N-ethyl adjacent to an activating group) is 1. The number of aliphatic hydroxyl groups excluding tert-OH is 2. The molecule has 2 amide bonds. The molecular formula is C43H44N2O9. The normalized spacial score (nSPS) is 19.3. The summed E-state index contributed by atoms with van der Waals surface area (Å²) in [6, 6.07) is 34.2. The monoisotopic (exact) mass is 732 g/mol. The lowest BCUT2D eigenvalue weighted by molar-refractivity contribution is -0.157. The fourth-order valence-electron chi connectivity index (χ4n) is 6.71. The Hall–Kier alpha value is -5.59. The lowest BCUT2D eigenvalue weighted by Crippen LogP contribution is -2.51. The summed E-state index contributed by atoms with van der Waals surface area (Å²) in [5.74, 6) is -2.87. The fourth-order valence-corrected chi connectivity index (χ4v) is 6.71. The molecule has 1 saturated heterocycles. The molecule has 4 aromatic rings. The number of benzene rings is 4. The number of rotatable bonds is 15. The smallest absolute Gasteiger partial charge is 0.338 e. The fraction of sp³-hybridized carbons (Fsp3) is 0.279. The Balaban J connectivity index is 1.34. The van der Waals surface area contributed by atoms with Gasteiger partial charge in [-0.1, -0.05) is 103 Å². The molecule has 1 aliphatic heterocycles. The van der Waals surface area contributed by atoms with Gasteiger partial charge < -0.3 is 39.4 Å². The van der Waals surface area contributed by atoms with Crippen LogP contribution in [0.5, 0.6) is 0 Å². The number of nitrogens with one attached hydrogen (secondary N) is 1. The molecule has 11 heteroatoms. The van der Waals surface area contributed by atoms with Crippen molar-refractivity contribution in [2.45, 2.75) is 43.0 Å². The van der Waals surface area contributed by atoms with Gasteiger partial charge in [-0.25, -0.2) is 4.79 Å². The third-order valence-corrected chi connectivity index (χ3v) is 9.38. The number of amides is 2. The minimum Gasteiger partial charge on any atom is -0.499 e. The number of hydrogen-bond acceptors (Lipinski definition) is 9. The minimum absolute atomic E-state index is 0.00991. The highest BCUT2D eigenvalue weighted by Gasteiger charge is 2.55. The molecule has 1 heterocycles. The van der Waals surface area contributed by atoms with E-state index in [4.69, 9.17) is 24.1 Å². The van der Waals surface area contributed by atoms with E-state index in [0.717, 1.165) is 16.7 Å². The first-order valence-corrected chi connectivity index (χ1v) is 17.9. The Labute approximate surface area is 314 Å². The molecule has 280 valence electrons. The van der Waals surface area contributed by atoms with Crippen LogP contribution in [-0.4, -0.2) is 90.7 Å². The summed E-state index contributed by atoms with van der Waals surface area (Å²) in [5.41, 5.74) is 3.54. The van der Waals surface area contributed by atoms with Crippen molar-refractivity contribution in [1.29, 1.82) is 0 Å². The maximum Gasteiger partial charge on any atom is 0.338 e. The number of ether oxygens (including phenoxy) is 4. The molecule has 6 rings (SSSR count). The van der Waals surface area contributed by atoms with Crippen molar-refractivity contribution in [3.05, 3.63) is 161 Å². The second-order valence-corrected chi connectivity index (χ2v) is 13.0. The Kier molecular flexibility index (Phi) is 12.7. The molecule has 1 aliphatic carbocycles. The van der Waals surface area contributed by atoms with Gasteiger partial charge in [0, 0.05) is 43.1 Å². The zero-order valence-corrected chi connectivity index (χ0v) is 30.0. The first-order valence-electron chi connectivity index (χ1n) is 17.9. The van der Waals surface area contributed by atoms with E-state index >= 15 is 0 Å². The van der Waals surface area contributed by atoms with Gasteiger partial charge in [0.15, 0.2) is 0 Å². The molecule has 0 aromatic heterocycles. The van der Waals surface area contributed by atoms with E-state index in [9.17, 15) is 19.5 Å². The van der Waals surface area contributed by atoms with Crippen molar-refractivity contribution in [2.24, 2.45) is 0 Å². The molecule has 11 nitrogen and oxygen atoms in total. The molecule has 4 unspecified atom stereocenters. The molecule has 0 radical (unpaired) electrons. The molecule has 54 heavy (non-hydrogen) atoms. The summed E-state index contributed by atoms with van der Waals surface area (Å²) in [6.45, 7) is -0.194. The maximum atomic E-state index is 14.4. The standard InChI is InChI=1S/C43H44N2O9/c1-45(36(40(48)44-21-22-46)27-30-12-5-2-6-13-30)41(49)33-28-37(52-42(50)32-15-11-14-31(26-32)20-24-51-25-23-47)39-38(29-33)53-43(54-39,34-16-7-3-8-17-34)35-18-9-4-10-19-35/h2-20,24,26,29,36-39,46-47H,21-23,25,27-28H2,1H3,(H,44,48). The van der Waals surface area contributed by atoms with E-state index in [1.54, 1.807) is 43.5 Å². The summed E-state index contributed by atoms with van der Waals surface area (Å²) >= 11 is 0. The molecule has 4 aromatic carbocycles. The van der Waals surface area contributed by atoms with Gasteiger partial charge in [-0.3, -0.25) is 9.59 Å². The Morgan fingerprint density at radius 1 is 0.889 bits per heavy atom. The second kappa shape index (κ2) is 18.0. The van der Waals surface area contributed by atoms with Gasteiger partial charge in [0.1, 0.15) is 31.0 Å². The summed E-state index contributed by atoms with van der Waals surface area (Å²) < 4.78 is 25.2. The molecule has 2 aliphatic rings. The van der Waals surface area contributed by atoms with Crippen molar-refractivity contribution in [3.8, 4) is 0 Å². The number of hydrogen-bond donors (Lipinski definition) is 3. The van der Waals surface area contributed by atoms with E-state index in [2.05, 4.69) is 5.32 Å². The number of fused-ring (bicyclic) bond motifs is 1. The first kappa shape index (κ1) is 38.1. The Morgan fingerprint density at radius 2 is 1.56 bits per heavy atom. The Morgan fingerprint density at radius 3 is 2.20 bits per heavy atom. The van der Waals surface area contributed by atoms with Crippen LogP contribution < -0.4 is 5.32 Å². The van der Waals surface area contributed by atoms with Gasteiger partial charge in [-0.05, 0) is 35.4 Å². The van der Waals surface area contributed by atoms with Gasteiger partial charge in [-0.2, -0.15) is 0 Å². The van der Waals surface area contributed by atoms with Gasteiger partial charge in [0.25, 0.3) is 0 Å². The van der Waals surface area contributed by atoms with E-state index in [-0.39, 0.29) is 44.8 Å². The van der Waals surface area contributed by atoms with E-state index in [1.807, 2.05) is 91.0 Å². The van der Waals surface area contributed by atoms with E-state index in [1.165, 1.54) is 11.2 Å². The number of esters is 1. The lowest BCUT2D eigenvalue weighted by Gasteiger charge is -2.33. The average molecular weight is 733 g/mol. The van der Waals surface area contributed by atoms with Crippen molar-refractivity contribution >= 4 is 23.9 Å². The van der Waals surface area contributed by atoms with Crippen molar-refractivity contribution in [2.75, 3.05) is 33.4 Å². The second-order valence-electron chi connectivity index (χ2n) is 13.0. The molecule has 4 atom stereocenters. The van der Waals surface area contributed by atoms with Crippen LogP contribution in [0.3, 0.4) is 0 Å². The number of carbonyl (C=O) groups is 3. The van der Waals surface area contributed by atoms with Gasteiger partial charge in [0.2, 0.25) is 17.6 Å². The van der Waals surface area contributed by atoms with E-state index < -0.39 is 47.9 Å². The zero-order valence-electron chi connectivity index (χ0n) is 30.0. The maximum absolute atomic E-state index is 14.4. The highest BCUT2D eigenvalue weighted by molar-refractivity contribution is 5.97. The van der Waals surface area contributed by atoms with Crippen molar-refractivity contribution < 1.29 is 43.5 Å². The van der Waals surface area contributed by atoms with Crippen LogP contribution in [0.25, 0.3) is 6.08 Å². The highest BCUT2D eigenvalue weighted by Crippen LogP contribution is 2.47. The third-order valence-electron chi connectivity index (χ3n) is 9.38. The molecular weight excluding hydrogens is 688 g/mol. The predicted molar refractivity (Wildman–Crippen MR) is 201 cm³/mol. The molecule has 3 N–H and O–H groups in total. The first-order chi connectivity index (χ1) is 26.3. The van der Waals surface area contributed by atoms with Crippen LogP contribution >= 0.6 is 0 Å². The molecule has 0 saturated carbocycles. The number of nitrogens with zero attached hydrogens (tertiary/aromatic N) is 1. The topological polar surface area (TPSA) is 144 Å². The largest absolute Gasteiger partial charge is 0.499 e. The lowest BCUT2D eigenvalue weighted by atomic mass is 9.90. The van der Waals surface area contributed by atoms with E-state index in [0.29, 0.717) is 11.1 Å². The quantitative estimate of drug-likeness (QED) is 0.0922. The summed E-state index contributed by atoms with van der Waals surface area (Å²) in [7, 11) is 1.57. The third kappa shape index (κ3) is 8.78. The van der Waals surface area contributed by atoms with Crippen LogP contribution in [0, 0.1) is 0 Å². The molecule has 1 fully saturated rings. The SMILES string of the molecule is CN(C(=O)C1=CC2OC(c3ccccc3)(c3ccccc3)OC2C(OC(=O)c2cccc(C=COCCO)c2)C1)C(Cc1ccccc1)C(=O)NCCO.